The van der Waals surface area contributed by atoms with Gasteiger partial charge in [0.25, 0.3) is 0 Å². The maximum absolute atomic E-state index is 12.4. The number of anilines is 1. The zero-order valence-electron chi connectivity index (χ0n) is 15.8. The molecule has 7 heteroatoms. The van der Waals surface area contributed by atoms with Crippen LogP contribution in [0.25, 0.3) is 4.96 Å². The molecule has 0 radical (unpaired) electrons. The van der Waals surface area contributed by atoms with Crippen molar-refractivity contribution in [2.24, 2.45) is 5.92 Å². The van der Waals surface area contributed by atoms with Gasteiger partial charge in [-0.3, -0.25) is 4.79 Å². The largest absolute Gasteiger partial charge is 0.346 e. The van der Waals surface area contributed by atoms with Gasteiger partial charge in [-0.15, -0.1) is 5.10 Å². The summed E-state index contributed by atoms with van der Waals surface area (Å²) in [5.41, 5.74) is 1.14. The van der Waals surface area contributed by atoms with Gasteiger partial charge in [0.15, 0.2) is 0 Å². The minimum absolute atomic E-state index is 0.0484. The van der Waals surface area contributed by atoms with E-state index >= 15 is 0 Å². The normalized spacial score (nSPS) is 27.3. The standard InChI is InChI=1S/C19H27N5OS/c1-19(2,3)15-11-23-17(20-15)26-18(21-23)22-9-8-14-12(10-22)4-7-16(25)24(14)13-5-6-13/h11-14H,4-10H2,1-3H3/t12-,14-/m1/s1. The van der Waals surface area contributed by atoms with Crippen LogP contribution in [0.15, 0.2) is 6.20 Å². The predicted molar refractivity (Wildman–Crippen MR) is 103 cm³/mol. The van der Waals surface area contributed by atoms with Crippen molar-refractivity contribution in [1.82, 2.24) is 19.5 Å². The van der Waals surface area contributed by atoms with Crippen LogP contribution < -0.4 is 4.90 Å². The van der Waals surface area contributed by atoms with E-state index in [0.29, 0.717) is 23.9 Å². The summed E-state index contributed by atoms with van der Waals surface area (Å²) in [5, 5.41) is 5.88. The van der Waals surface area contributed by atoms with E-state index in [1.54, 1.807) is 11.3 Å². The number of aromatic nitrogens is 3. The maximum atomic E-state index is 12.4. The van der Waals surface area contributed by atoms with Crippen LogP contribution in [0.5, 0.6) is 0 Å². The number of likely N-dealkylation sites (tertiary alicyclic amines) is 1. The highest BCUT2D eigenvalue weighted by Gasteiger charge is 2.45. The summed E-state index contributed by atoms with van der Waals surface area (Å²) in [6.07, 6.45) is 7.30. The number of carbonyl (C=O) groups excluding carboxylic acids is 1. The van der Waals surface area contributed by atoms with Crippen LogP contribution in [0.4, 0.5) is 5.13 Å². The Labute approximate surface area is 158 Å². The number of hydrogen-bond acceptors (Lipinski definition) is 5. The van der Waals surface area contributed by atoms with E-state index < -0.39 is 0 Å². The average molecular weight is 374 g/mol. The molecule has 2 aromatic heterocycles. The molecule has 5 rings (SSSR count). The van der Waals surface area contributed by atoms with Gasteiger partial charge in [0.2, 0.25) is 16.0 Å². The second-order valence-corrected chi connectivity index (χ2v) is 10.1. The van der Waals surface area contributed by atoms with Crippen LogP contribution in [0.3, 0.4) is 0 Å². The van der Waals surface area contributed by atoms with Crippen LogP contribution in [-0.2, 0) is 10.2 Å². The van der Waals surface area contributed by atoms with Crippen molar-refractivity contribution in [3.05, 3.63) is 11.9 Å². The summed E-state index contributed by atoms with van der Waals surface area (Å²) in [6, 6.07) is 0.998. The highest BCUT2D eigenvalue weighted by Crippen LogP contribution is 2.40. The molecule has 2 aliphatic heterocycles. The summed E-state index contributed by atoms with van der Waals surface area (Å²) in [6.45, 7) is 8.55. The Bertz CT molecular complexity index is 814. The van der Waals surface area contributed by atoms with Crippen molar-refractivity contribution in [3.63, 3.8) is 0 Å². The van der Waals surface area contributed by atoms with Crippen LogP contribution in [-0.4, -0.2) is 50.6 Å². The minimum Gasteiger partial charge on any atom is -0.346 e. The van der Waals surface area contributed by atoms with E-state index in [1.807, 2.05) is 4.52 Å². The minimum atomic E-state index is 0.0484. The molecule has 1 saturated carbocycles. The molecule has 2 atom stereocenters. The Morgan fingerprint density at radius 3 is 2.69 bits per heavy atom. The van der Waals surface area contributed by atoms with Gasteiger partial charge in [-0.25, -0.2) is 9.50 Å². The SMILES string of the molecule is CC(C)(C)c1cn2nc(N3CC[C@@H]4[C@H](CCC(=O)N4C4CC4)C3)sc2n1. The first-order valence-electron chi connectivity index (χ1n) is 9.83. The van der Waals surface area contributed by atoms with Gasteiger partial charge in [-0.05, 0) is 31.6 Å². The van der Waals surface area contributed by atoms with E-state index in [9.17, 15) is 4.79 Å². The Kier molecular flexibility index (Phi) is 3.61. The number of imidazole rings is 1. The van der Waals surface area contributed by atoms with Gasteiger partial charge in [0, 0.05) is 37.0 Å². The number of rotatable bonds is 2. The molecule has 0 N–H and O–H groups in total. The summed E-state index contributed by atoms with van der Waals surface area (Å²) >= 11 is 1.69. The first-order chi connectivity index (χ1) is 12.4. The quantitative estimate of drug-likeness (QED) is 0.812. The van der Waals surface area contributed by atoms with Crippen molar-refractivity contribution in [3.8, 4) is 0 Å². The number of amides is 1. The van der Waals surface area contributed by atoms with Crippen LogP contribution in [0, 0.1) is 5.92 Å². The molecule has 0 bridgehead atoms. The number of nitrogens with zero attached hydrogens (tertiary/aromatic N) is 5. The molecule has 3 aliphatic rings. The van der Waals surface area contributed by atoms with Crippen molar-refractivity contribution < 1.29 is 4.79 Å². The van der Waals surface area contributed by atoms with Crippen molar-refractivity contribution in [2.75, 3.05) is 18.0 Å². The summed E-state index contributed by atoms with van der Waals surface area (Å²) in [4.78, 5) is 22.8. The fourth-order valence-electron chi connectivity index (χ4n) is 4.47. The number of fused-ring (bicyclic) bond motifs is 2. The fourth-order valence-corrected chi connectivity index (χ4v) is 5.39. The second kappa shape index (κ2) is 5.68. The summed E-state index contributed by atoms with van der Waals surface area (Å²) in [7, 11) is 0. The molecule has 3 fully saturated rings. The van der Waals surface area contributed by atoms with Gasteiger partial charge >= 0.3 is 0 Å². The molecule has 1 aliphatic carbocycles. The maximum Gasteiger partial charge on any atom is 0.223 e. The lowest BCUT2D eigenvalue weighted by molar-refractivity contribution is -0.140. The summed E-state index contributed by atoms with van der Waals surface area (Å²) < 4.78 is 1.94. The Balaban J connectivity index is 1.35. The molecule has 2 saturated heterocycles. The first kappa shape index (κ1) is 16.5. The molecule has 0 spiro atoms. The smallest absolute Gasteiger partial charge is 0.223 e. The molecule has 26 heavy (non-hydrogen) atoms. The van der Waals surface area contributed by atoms with E-state index in [0.717, 1.165) is 48.1 Å². The van der Waals surface area contributed by atoms with Gasteiger partial charge < -0.3 is 9.80 Å². The van der Waals surface area contributed by atoms with Gasteiger partial charge in [-0.2, -0.15) is 0 Å². The Morgan fingerprint density at radius 1 is 1.19 bits per heavy atom. The number of carbonyl (C=O) groups is 1. The third-order valence-electron chi connectivity index (χ3n) is 6.08. The number of hydrogen-bond donors (Lipinski definition) is 0. The molecule has 0 aromatic carbocycles. The van der Waals surface area contributed by atoms with Crippen molar-refractivity contribution in [1.29, 1.82) is 0 Å². The lowest BCUT2D eigenvalue weighted by Crippen LogP contribution is -2.56. The lowest BCUT2D eigenvalue weighted by atomic mass is 9.83. The molecular weight excluding hydrogens is 346 g/mol. The molecule has 1 amide bonds. The Hall–Kier alpha value is -1.63. The average Bonchev–Trinajstić information content (AvgIpc) is 3.20. The molecule has 2 aromatic rings. The topological polar surface area (TPSA) is 53.7 Å². The lowest BCUT2D eigenvalue weighted by Gasteiger charge is -2.47. The van der Waals surface area contributed by atoms with Gasteiger partial charge in [0.1, 0.15) is 0 Å². The zero-order valence-corrected chi connectivity index (χ0v) is 16.6. The predicted octanol–water partition coefficient (Wildman–Crippen LogP) is 3.07. The molecule has 6 nitrogen and oxygen atoms in total. The molecule has 4 heterocycles. The Morgan fingerprint density at radius 2 is 2.00 bits per heavy atom. The summed E-state index contributed by atoms with van der Waals surface area (Å²) in [5.74, 6) is 0.980. The second-order valence-electron chi connectivity index (χ2n) is 9.12. The van der Waals surface area contributed by atoms with Gasteiger partial charge in [0.05, 0.1) is 11.9 Å². The van der Waals surface area contributed by atoms with Crippen LogP contribution in [0.2, 0.25) is 0 Å². The third-order valence-corrected chi connectivity index (χ3v) is 7.06. The van der Waals surface area contributed by atoms with Crippen molar-refractivity contribution >= 4 is 27.3 Å². The first-order valence-corrected chi connectivity index (χ1v) is 10.6. The van der Waals surface area contributed by atoms with Crippen LogP contribution in [0.1, 0.15) is 58.6 Å². The monoisotopic (exact) mass is 373 g/mol. The highest BCUT2D eigenvalue weighted by molar-refractivity contribution is 7.20. The molecule has 140 valence electrons. The molecule has 0 unspecified atom stereocenters. The van der Waals surface area contributed by atoms with E-state index in [-0.39, 0.29) is 5.41 Å². The fraction of sp³-hybridized carbons (Fsp3) is 0.737. The molecular formula is C19H27N5OS. The van der Waals surface area contributed by atoms with Gasteiger partial charge in [-0.1, -0.05) is 32.1 Å². The van der Waals surface area contributed by atoms with E-state index in [1.165, 1.54) is 12.8 Å². The van der Waals surface area contributed by atoms with E-state index in [4.69, 9.17) is 10.1 Å². The van der Waals surface area contributed by atoms with E-state index in [2.05, 4.69) is 36.8 Å². The third kappa shape index (κ3) is 2.71. The number of piperidine rings is 2. The highest BCUT2D eigenvalue weighted by atomic mass is 32.1. The van der Waals surface area contributed by atoms with Crippen molar-refractivity contribution in [2.45, 2.75) is 70.4 Å². The van der Waals surface area contributed by atoms with Crippen LogP contribution >= 0.6 is 11.3 Å². The zero-order chi connectivity index (χ0) is 18.1.